The Morgan fingerprint density at radius 3 is 2.62 bits per heavy atom. The summed E-state index contributed by atoms with van der Waals surface area (Å²) < 4.78 is 30.9. The molecule has 1 amide bonds. The normalized spacial score (nSPS) is 12.2. The fraction of sp³-hybridized carbons (Fsp3) is 0.400. The van der Waals surface area contributed by atoms with Crippen LogP contribution in [-0.4, -0.2) is 18.2 Å². The van der Waals surface area contributed by atoms with Crippen LogP contribution in [0.3, 0.4) is 0 Å². The average Bonchev–Trinajstić information content (AvgIpc) is 2.36. The van der Waals surface area contributed by atoms with Gasteiger partial charge in [0.1, 0.15) is 11.4 Å². The number of carbonyl (C=O) groups excluding carboxylic acids is 1. The van der Waals surface area contributed by atoms with E-state index in [2.05, 4.69) is 5.32 Å². The molecular weight excluding hydrogens is 300 g/mol. The summed E-state index contributed by atoms with van der Waals surface area (Å²) >= 11 is 5.66. The first-order valence-corrected chi connectivity index (χ1v) is 6.78. The molecule has 21 heavy (non-hydrogen) atoms. The van der Waals surface area contributed by atoms with E-state index in [-0.39, 0.29) is 18.0 Å². The van der Waals surface area contributed by atoms with Crippen LogP contribution in [0.4, 0.5) is 13.6 Å². The van der Waals surface area contributed by atoms with E-state index in [1.54, 1.807) is 20.8 Å². The molecule has 116 valence electrons. The summed E-state index contributed by atoms with van der Waals surface area (Å²) in [6.07, 6.45) is -0.0000156. The molecule has 0 heterocycles. The van der Waals surface area contributed by atoms with Gasteiger partial charge < -0.3 is 10.1 Å². The molecule has 0 aliphatic heterocycles. The topological polar surface area (TPSA) is 38.3 Å². The highest BCUT2D eigenvalue weighted by Gasteiger charge is 2.16. The van der Waals surface area contributed by atoms with Crippen molar-refractivity contribution < 1.29 is 18.3 Å². The lowest BCUT2D eigenvalue weighted by Crippen LogP contribution is -2.33. The van der Waals surface area contributed by atoms with Crippen molar-refractivity contribution in [3.63, 3.8) is 0 Å². The van der Waals surface area contributed by atoms with Crippen molar-refractivity contribution in [3.8, 4) is 0 Å². The number of halogens is 3. The monoisotopic (exact) mass is 317 g/mol. The number of carbonyl (C=O) groups is 1. The largest absolute Gasteiger partial charge is 0.444 e. The summed E-state index contributed by atoms with van der Waals surface area (Å²) in [5.41, 5.74) is 0.355. The van der Waals surface area contributed by atoms with Crippen LogP contribution in [0.25, 0.3) is 0 Å². The van der Waals surface area contributed by atoms with Crippen LogP contribution in [-0.2, 0) is 11.2 Å². The second kappa shape index (κ2) is 7.41. The number of nitrogens with one attached hydrogen (secondary N) is 1. The maximum atomic E-state index is 13.0. The van der Waals surface area contributed by atoms with E-state index in [0.29, 0.717) is 17.5 Å². The van der Waals surface area contributed by atoms with Gasteiger partial charge in [0.05, 0.1) is 11.4 Å². The Hall–Kier alpha value is -1.62. The Bertz CT molecular complexity index is 539. The van der Waals surface area contributed by atoms with Crippen molar-refractivity contribution in [2.45, 2.75) is 32.8 Å². The molecule has 0 aromatic heterocycles. The molecule has 1 N–H and O–H groups in total. The number of hydrogen-bond acceptors (Lipinski definition) is 2. The van der Waals surface area contributed by atoms with E-state index in [9.17, 15) is 13.6 Å². The SMILES string of the molecule is CC(C)(C)OC(=O)NCC(=CF)Cc1ccc(F)c(Cl)c1. The van der Waals surface area contributed by atoms with Gasteiger partial charge in [-0.05, 0) is 50.5 Å². The van der Waals surface area contributed by atoms with Gasteiger partial charge in [0.25, 0.3) is 0 Å². The van der Waals surface area contributed by atoms with Crippen molar-refractivity contribution in [3.05, 3.63) is 46.5 Å². The third kappa shape index (κ3) is 6.58. The minimum absolute atomic E-state index is 0.000406. The van der Waals surface area contributed by atoms with Gasteiger partial charge >= 0.3 is 6.09 Å². The molecule has 3 nitrogen and oxygen atoms in total. The second-order valence-corrected chi connectivity index (χ2v) is 5.96. The molecule has 1 aromatic rings. The van der Waals surface area contributed by atoms with Gasteiger partial charge in [-0.3, -0.25) is 0 Å². The first-order valence-electron chi connectivity index (χ1n) is 6.40. The fourth-order valence-electron chi connectivity index (χ4n) is 1.55. The summed E-state index contributed by atoms with van der Waals surface area (Å²) in [5.74, 6) is -0.530. The van der Waals surface area contributed by atoms with Crippen LogP contribution in [0.2, 0.25) is 5.02 Å². The number of benzene rings is 1. The molecule has 0 bridgehead atoms. The number of rotatable bonds is 4. The number of hydrogen-bond donors (Lipinski definition) is 1. The van der Waals surface area contributed by atoms with E-state index in [0.717, 1.165) is 0 Å². The van der Waals surface area contributed by atoms with Crippen LogP contribution >= 0.6 is 11.6 Å². The maximum Gasteiger partial charge on any atom is 0.407 e. The van der Waals surface area contributed by atoms with E-state index in [1.165, 1.54) is 18.2 Å². The summed E-state index contributed by atoms with van der Waals surface area (Å²) in [6.45, 7) is 5.21. The highest BCUT2D eigenvalue weighted by atomic mass is 35.5. The molecule has 0 saturated heterocycles. The zero-order valence-corrected chi connectivity index (χ0v) is 12.9. The number of ether oxygens (including phenoxy) is 1. The Morgan fingerprint density at radius 1 is 1.43 bits per heavy atom. The molecule has 0 saturated carbocycles. The Balaban J connectivity index is 2.56. The third-order valence-electron chi connectivity index (χ3n) is 2.43. The van der Waals surface area contributed by atoms with Crippen molar-refractivity contribution in [1.29, 1.82) is 0 Å². The van der Waals surface area contributed by atoms with Crippen LogP contribution in [0.1, 0.15) is 26.3 Å². The van der Waals surface area contributed by atoms with Gasteiger partial charge in [-0.2, -0.15) is 0 Å². The third-order valence-corrected chi connectivity index (χ3v) is 2.72. The van der Waals surface area contributed by atoms with E-state index in [4.69, 9.17) is 16.3 Å². The number of alkyl carbamates (subject to hydrolysis) is 1. The molecule has 0 aliphatic carbocycles. The van der Waals surface area contributed by atoms with Crippen molar-refractivity contribution in [2.24, 2.45) is 0 Å². The quantitative estimate of drug-likeness (QED) is 0.894. The molecule has 0 unspecified atom stereocenters. The fourth-order valence-corrected chi connectivity index (χ4v) is 1.75. The zero-order chi connectivity index (χ0) is 16.0. The van der Waals surface area contributed by atoms with Crippen molar-refractivity contribution in [1.82, 2.24) is 5.32 Å². The van der Waals surface area contributed by atoms with Gasteiger partial charge in [-0.25, -0.2) is 13.6 Å². The van der Waals surface area contributed by atoms with Gasteiger partial charge in [0.15, 0.2) is 0 Å². The van der Waals surface area contributed by atoms with E-state index >= 15 is 0 Å². The average molecular weight is 318 g/mol. The lowest BCUT2D eigenvalue weighted by atomic mass is 10.1. The molecule has 0 spiro atoms. The lowest BCUT2D eigenvalue weighted by molar-refractivity contribution is 0.0532. The van der Waals surface area contributed by atoms with Crippen molar-refractivity contribution in [2.75, 3.05) is 6.54 Å². The minimum atomic E-state index is -0.626. The maximum absolute atomic E-state index is 13.0. The van der Waals surface area contributed by atoms with Crippen LogP contribution in [0.15, 0.2) is 30.1 Å². The molecule has 1 rings (SSSR count). The highest BCUT2D eigenvalue weighted by molar-refractivity contribution is 6.30. The first kappa shape index (κ1) is 17.4. The Kier molecular flexibility index (Phi) is 6.15. The summed E-state index contributed by atoms with van der Waals surface area (Å²) in [5, 5.41) is 2.44. The predicted molar refractivity (Wildman–Crippen MR) is 78.5 cm³/mol. The summed E-state index contributed by atoms with van der Waals surface area (Å²) in [4.78, 5) is 11.5. The van der Waals surface area contributed by atoms with Crippen LogP contribution < -0.4 is 5.32 Å². The zero-order valence-electron chi connectivity index (χ0n) is 12.2. The number of amides is 1. The Morgan fingerprint density at radius 2 is 2.10 bits per heavy atom. The van der Waals surface area contributed by atoms with Gasteiger partial charge in [-0.15, -0.1) is 0 Å². The molecule has 0 atom stereocenters. The van der Waals surface area contributed by atoms with E-state index < -0.39 is 17.5 Å². The molecule has 0 fully saturated rings. The smallest absolute Gasteiger partial charge is 0.407 e. The van der Waals surface area contributed by atoms with Gasteiger partial charge in [-0.1, -0.05) is 17.7 Å². The lowest BCUT2D eigenvalue weighted by Gasteiger charge is -2.20. The molecule has 6 heteroatoms. The Labute approximate surface area is 127 Å². The molecular formula is C15H18ClF2NO2. The van der Waals surface area contributed by atoms with Gasteiger partial charge in [0.2, 0.25) is 0 Å². The van der Waals surface area contributed by atoms with E-state index in [1.807, 2.05) is 0 Å². The summed E-state index contributed by atoms with van der Waals surface area (Å²) in [6, 6.07) is 4.15. The highest BCUT2D eigenvalue weighted by Crippen LogP contribution is 2.18. The van der Waals surface area contributed by atoms with Crippen LogP contribution in [0, 0.1) is 5.82 Å². The predicted octanol–water partition coefficient (Wildman–Crippen LogP) is 4.40. The van der Waals surface area contributed by atoms with Crippen LogP contribution in [0.5, 0.6) is 0 Å². The second-order valence-electron chi connectivity index (χ2n) is 5.55. The molecule has 0 aliphatic rings. The molecule has 1 aromatic carbocycles. The minimum Gasteiger partial charge on any atom is -0.444 e. The first-order chi connectivity index (χ1) is 9.71. The summed E-state index contributed by atoms with van der Waals surface area (Å²) in [7, 11) is 0. The standard InChI is InChI=1S/C15H18ClF2NO2/c1-15(2,3)21-14(20)19-9-11(8-17)6-10-4-5-13(18)12(16)7-10/h4-5,7-8H,6,9H2,1-3H3,(H,19,20). The molecule has 0 radical (unpaired) electrons. The van der Waals surface area contributed by atoms with Gasteiger partial charge in [0, 0.05) is 6.54 Å². The van der Waals surface area contributed by atoms with Crippen molar-refractivity contribution >= 4 is 17.7 Å².